The van der Waals surface area contributed by atoms with Gasteiger partial charge in [0.2, 0.25) is 6.41 Å². The van der Waals surface area contributed by atoms with Crippen LogP contribution in [0.25, 0.3) is 10.8 Å². The number of amides is 3. The molecular weight excluding hydrogens is 446 g/mol. The highest BCUT2D eigenvalue weighted by atomic mass is 16.5. The average Bonchev–Trinajstić information content (AvgIpc) is 2.99. The second kappa shape index (κ2) is 10.8. The molecular formula is C27H27N3O5. The number of unbranched alkanes of at least 4 members (excludes halogenated alkanes) is 1. The van der Waals surface area contributed by atoms with E-state index in [0.29, 0.717) is 23.3 Å². The number of para-hydroxylation sites is 2. The number of esters is 1. The van der Waals surface area contributed by atoms with Crippen molar-refractivity contribution in [1.82, 2.24) is 5.32 Å². The molecule has 35 heavy (non-hydrogen) atoms. The van der Waals surface area contributed by atoms with E-state index >= 15 is 0 Å². The first kappa shape index (κ1) is 23.9. The normalized spacial score (nSPS) is 15.3. The van der Waals surface area contributed by atoms with E-state index < -0.39 is 23.8 Å². The summed E-state index contributed by atoms with van der Waals surface area (Å²) in [5.41, 5.74) is 1.29. The van der Waals surface area contributed by atoms with Gasteiger partial charge < -0.3 is 15.0 Å². The van der Waals surface area contributed by atoms with Crippen LogP contribution in [-0.2, 0) is 19.1 Å². The molecule has 0 aromatic heterocycles. The number of nitrogens with zero attached hydrogens (tertiary/aromatic N) is 2. The van der Waals surface area contributed by atoms with Crippen molar-refractivity contribution < 1.29 is 23.9 Å². The van der Waals surface area contributed by atoms with E-state index in [0.717, 1.165) is 23.6 Å². The van der Waals surface area contributed by atoms with E-state index in [1.165, 1.54) is 9.80 Å². The summed E-state index contributed by atoms with van der Waals surface area (Å²) in [6, 6.07) is 18.6. The summed E-state index contributed by atoms with van der Waals surface area (Å²) in [6.07, 6.45) is 2.21. The number of anilines is 2. The van der Waals surface area contributed by atoms with Crippen LogP contribution in [0.5, 0.6) is 0 Å². The zero-order valence-corrected chi connectivity index (χ0v) is 19.5. The van der Waals surface area contributed by atoms with E-state index in [-0.39, 0.29) is 19.7 Å². The van der Waals surface area contributed by atoms with Crippen molar-refractivity contribution >= 4 is 46.3 Å². The van der Waals surface area contributed by atoms with Crippen molar-refractivity contribution in [2.45, 2.75) is 25.8 Å². The molecule has 1 N–H and O–H groups in total. The topological polar surface area (TPSA) is 96.0 Å². The van der Waals surface area contributed by atoms with Crippen LogP contribution < -0.4 is 15.1 Å². The van der Waals surface area contributed by atoms with Gasteiger partial charge >= 0.3 is 5.97 Å². The quantitative estimate of drug-likeness (QED) is 0.308. The van der Waals surface area contributed by atoms with Crippen LogP contribution in [0.2, 0.25) is 0 Å². The van der Waals surface area contributed by atoms with E-state index in [2.05, 4.69) is 5.32 Å². The summed E-state index contributed by atoms with van der Waals surface area (Å²) >= 11 is 0. The summed E-state index contributed by atoms with van der Waals surface area (Å²) in [5.74, 6) is -1.49. The molecule has 3 aromatic rings. The molecule has 8 nitrogen and oxygen atoms in total. The third-order valence-corrected chi connectivity index (χ3v) is 5.94. The number of benzene rings is 3. The summed E-state index contributed by atoms with van der Waals surface area (Å²) in [6.45, 7) is 1.85. The lowest BCUT2D eigenvalue weighted by atomic mass is 10.0. The van der Waals surface area contributed by atoms with Gasteiger partial charge in [-0.3, -0.25) is 24.1 Å². The summed E-state index contributed by atoms with van der Waals surface area (Å²) in [5, 5.41) is 4.43. The van der Waals surface area contributed by atoms with Gasteiger partial charge in [0.25, 0.3) is 11.8 Å². The molecule has 1 aliphatic heterocycles. The van der Waals surface area contributed by atoms with Crippen LogP contribution in [0.15, 0.2) is 66.7 Å². The fraction of sp³-hybridized carbons (Fsp3) is 0.259. The van der Waals surface area contributed by atoms with Crippen molar-refractivity contribution in [3.8, 4) is 0 Å². The zero-order chi connectivity index (χ0) is 24.8. The van der Waals surface area contributed by atoms with Gasteiger partial charge in [-0.25, -0.2) is 0 Å². The molecule has 0 radical (unpaired) electrons. The maximum Gasteiger partial charge on any atom is 0.326 e. The molecule has 0 bridgehead atoms. The van der Waals surface area contributed by atoms with Crippen molar-refractivity contribution in [3.63, 3.8) is 0 Å². The van der Waals surface area contributed by atoms with E-state index in [1.807, 2.05) is 37.3 Å². The second-order valence-electron chi connectivity index (χ2n) is 8.30. The molecule has 8 heteroatoms. The smallest absolute Gasteiger partial charge is 0.326 e. The number of rotatable bonds is 8. The van der Waals surface area contributed by atoms with Gasteiger partial charge in [-0.1, -0.05) is 61.9 Å². The van der Waals surface area contributed by atoms with Crippen LogP contribution in [0.4, 0.5) is 11.4 Å². The molecule has 3 aromatic carbocycles. The maximum absolute atomic E-state index is 13.6. The van der Waals surface area contributed by atoms with Crippen LogP contribution in [0, 0.1) is 0 Å². The summed E-state index contributed by atoms with van der Waals surface area (Å²) < 4.78 is 5.27. The van der Waals surface area contributed by atoms with Crippen molar-refractivity contribution in [1.29, 1.82) is 0 Å². The molecule has 180 valence electrons. The molecule has 0 saturated heterocycles. The Kier molecular flexibility index (Phi) is 7.40. The highest BCUT2D eigenvalue weighted by Gasteiger charge is 2.36. The molecule has 0 spiro atoms. The Balaban J connectivity index is 1.64. The molecule has 1 aliphatic rings. The molecule has 1 unspecified atom stereocenters. The monoisotopic (exact) mass is 473 g/mol. The highest BCUT2D eigenvalue weighted by Crippen LogP contribution is 2.32. The lowest BCUT2D eigenvalue weighted by molar-refractivity contribution is -0.143. The number of carbonyl (C=O) groups excluding carboxylic acids is 4. The van der Waals surface area contributed by atoms with Crippen LogP contribution in [-0.4, -0.2) is 49.9 Å². The molecule has 0 fully saturated rings. The minimum Gasteiger partial charge on any atom is -0.464 e. The van der Waals surface area contributed by atoms with Crippen molar-refractivity contribution in [2.75, 3.05) is 29.5 Å². The Morgan fingerprint density at radius 2 is 1.74 bits per heavy atom. The second-order valence-corrected chi connectivity index (χ2v) is 8.30. The minimum absolute atomic E-state index is 0.0722. The molecule has 1 heterocycles. The van der Waals surface area contributed by atoms with Crippen molar-refractivity contribution in [2.24, 2.45) is 0 Å². The molecule has 1 atom stereocenters. The van der Waals surface area contributed by atoms with Crippen LogP contribution in [0.3, 0.4) is 0 Å². The van der Waals surface area contributed by atoms with Gasteiger partial charge in [-0.2, -0.15) is 0 Å². The summed E-state index contributed by atoms with van der Waals surface area (Å²) in [4.78, 5) is 54.0. The van der Waals surface area contributed by atoms with Crippen molar-refractivity contribution in [3.05, 3.63) is 72.3 Å². The lowest BCUT2D eigenvalue weighted by Gasteiger charge is -2.24. The Morgan fingerprint density at radius 1 is 1.03 bits per heavy atom. The molecule has 3 amide bonds. The van der Waals surface area contributed by atoms with Crippen LogP contribution >= 0.6 is 0 Å². The Bertz CT molecular complexity index is 1250. The third-order valence-electron chi connectivity index (χ3n) is 5.94. The van der Waals surface area contributed by atoms with Gasteiger partial charge in [-0.15, -0.1) is 0 Å². The average molecular weight is 474 g/mol. The number of hydrogen-bond acceptors (Lipinski definition) is 5. The lowest BCUT2D eigenvalue weighted by Crippen LogP contribution is -2.53. The van der Waals surface area contributed by atoms with Gasteiger partial charge in [0, 0.05) is 5.56 Å². The number of fused-ring (bicyclic) bond motifs is 2. The molecule has 4 rings (SSSR count). The Hall–Kier alpha value is -4.20. The standard InChI is InChI=1S/C27H27N3O5/c1-2-3-15-35-25(32)17-30-24-14-7-6-13-23(24)29(18-31)16-22(27(30)34)28-26(33)21-12-8-10-19-9-4-5-11-20(19)21/h4-14,18,22H,2-3,15-17H2,1H3,(H,28,33). The molecule has 0 saturated carbocycles. The summed E-state index contributed by atoms with van der Waals surface area (Å²) in [7, 11) is 0. The fourth-order valence-corrected chi connectivity index (χ4v) is 4.15. The first-order valence-corrected chi connectivity index (χ1v) is 11.6. The van der Waals surface area contributed by atoms with Gasteiger partial charge in [0.05, 0.1) is 24.5 Å². The number of hydrogen-bond donors (Lipinski definition) is 1. The Labute approximate surface area is 203 Å². The predicted molar refractivity (Wildman–Crippen MR) is 133 cm³/mol. The minimum atomic E-state index is -1.07. The highest BCUT2D eigenvalue weighted by molar-refractivity contribution is 6.11. The zero-order valence-electron chi connectivity index (χ0n) is 19.5. The SMILES string of the molecule is CCCCOC(=O)CN1C(=O)C(NC(=O)c2cccc3ccccc23)CN(C=O)c2ccccc21. The number of ether oxygens (including phenoxy) is 1. The fourth-order valence-electron chi connectivity index (χ4n) is 4.15. The first-order valence-electron chi connectivity index (χ1n) is 11.6. The van der Waals surface area contributed by atoms with Gasteiger partial charge in [-0.05, 0) is 35.4 Å². The van der Waals surface area contributed by atoms with Crippen LogP contribution in [0.1, 0.15) is 30.1 Å². The van der Waals surface area contributed by atoms with E-state index in [1.54, 1.807) is 36.4 Å². The number of carbonyl (C=O) groups is 4. The Morgan fingerprint density at radius 3 is 2.51 bits per heavy atom. The number of nitrogens with one attached hydrogen (secondary N) is 1. The third kappa shape index (κ3) is 5.16. The molecule has 0 aliphatic carbocycles. The largest absolute Gasteiger partial charge is 0.464 e. The first-order chi connectivity index (χ1) is 17.0. The van der Waals surface area contributed by atoms with E-state index in [9.17, 15) is 19.2 Å². The van der Waals surface area contributed by atoms with E-state index in [4.69, 9.17) is 4.74 Å². The van der Waals surface area contributed by atoms with Gasteiger partial charge in [0.1, 0.15) is 12.6 Å². The predicted octanol–water partition coefficient (Wildman–Crippen LogP) is 3.29. The van der Waals surface area contributed by atoms with Gasteiger partial charge in [0.15, 0.2) is 0 Å². The maximum atomic E-state index is 13.6.